The van der Waals surface area contributed by atoms with E-state index in [9.17, 15) is 0 Å². The van der Waals surface area contributed by atoms with Crippen LogP contribution in [-0.2, 0) is 0 Å². The zero-order chi connectivity index (χ0) is 3.91. The molecule has 1 aliphatic rings. The van der Waals surface area contributed by atoms with Crippen molar-refractivity contribution in [2.75, 3.05) is 0 Å². The molecule has 1 nitrogen and oxygen atoms in total. The normalized spacial score (nSPS) is 30.0. The van der Waals surface area contributed by atoms with Gasteiger partial charge < -0.3 is 0 Å². The molecule has 30 valence electrons. The third-order valence-electron chi connectivity index (χ3n) is 0.254. The molecule has 0 bridgehead atoms. The maximum atomic E-state index is 5.26. The fourth-order valence-corrected chi connectivity index (χ4v) is 0.720. The van der Waals surface area contributed by atoms with Crippen LogP contribution in [0.1, 0.15) is 0 Å². The van der Waals surface area contributed by atoms with Crippen LogP contribution in [0.5, 0.6) is 0 Å². The third kappa shape index (κ3) is 1.26. The lowest BCUT2D eigenvalue weighted by atomic mass is 11.5. The van der Waals surface area contributed by atoms with E-state index in [1.807, 2.05) is 0 Å². The first-order chi connectivity index (χ1) is 2.21. The van der Waals surface area contributed by atoms with Crippen molar-refractivity contribution in [3.05, 3.63) is 0 Å². The predicted molar refractivity (Wildman–Crippen MR) is 31.1 cm³/mol. The summed E-state index contributed by atoms with van der Waals surface area (Å²) in [5.74, 6) is 0. The van der Waals surface area contributed by atoms with Crippen LogP contribution in [0.25, 0.3) is 0 Å². The first-order valence-corrected chi connectivity index (χ1v) is 3.68. The number of hydrogen-bond acceptors (Lipinski definition) is 4. The summed E-state index contributed by atoms with van der Waals surface area (Å²) in [7, 11) is 3.17. The Hall–Kier alpha value is 1.01. The average molecular weight is 125 g/mol. The van der Waals surface area contributed by atoms with Crippen LogP contribution >= 0.6 is 34.2 Å². The van der Waals surface area contributed by atoms with Crippen molar-refractivity contribution in [2.24, 2.45) is 5.73 Å². The molecule has 0 atom stereocenters. The van der Waals surface area contributed by atoms with Crippen molar-refractivity contribution in [3.63, 3.8) is 0 Å². The lowest BCUT2D eigenvalue weighted by Gasteiger charge is -1.81. The molecule has 0 spiro atoms. The lowest BCUT2D eigenvalue weighted by Crippen LogP contribution is -2.07. The van der Waals surface area contributed by atoms with Crippen LogP contribution in [0.2, 0.25) is 0 Å². The van der Waals surface area contributed by atoms with Gasteiger partial charge in [-0.2, -0.15) is 0 Å². The molecule has 0 aromatic rings. The Morgan fingerprint density at radius 1 is 1.60 bits per heavy atom. The Balaban J connectivity index is 2.38. The molecule has 0 aromatic heterocycles. The summed E-state index contributed by atoms with van der Waals surface area (Å²) < 4.78 is -0.222. The fourth-order valence-electron chi connectivity index (χ4n) is 0.0427. The van der Waals surface area contributed by atoms with Crippen LogP contribution < -0.4 is 5.73 Å². The minimum absolute atomic E-state index is 0.222. The fraction of sp³-hybridized carbons (Fsp3) is 1.00. The van der Waals surface area contributed by atoms with E-state index in [0.29, 0.717) is 0 Å². The second-order valence-electron chi connectivity index (χ2n) is 0.797. The topological polar surface area (TPSA) is 26.0 Å². The lowest BCUT2D eigenvalue weighted by molar-refractivity contribution is 1.28. The van der Waals surface area contributed by atoms with Crippen molar-refractivity contribution >= 4 is 34.2 Å². The molecule has 1 saturated heterocycles. The maximum absolute atomic E-state index is 5.26. The largest absolute Gasteiger partial charge is 0.299 e. The van der Waals surface area contributed by atoms with Gasteiger partial charge in [0.15, 0.2) is 3.54 Å². The van der Waals surface area contributed by atoms with Crippen molar-refractivity contribution < 1.29 is 0 Å². The van der Waals surface area contributed by atoms with Crippen molar-refractivity contribution in [2.45, 2.75) is 3.54 Å². The maximum Gasteiger partial charge on any atom is 0.174 e. The Kier molecular flexibility index (Phi) is 0.829. The van der Waals surface area contributed by atoms with Gasteiger partial charge in [0, 0.05) is 0 Å². The molecule has 0 saturated carbocycles. The quantitative estimate of drug-likeness (QED) is 0.218. The molecular weight excluding hydrogens is 122 g/mol. The van der Waals surface area contributed by atoms with Gasteiger partial charge >= 0.3 is 0 Å². The Morgan fingerprint density at radius 2 is 1.80 bits per heavy atom. The molecule has 5 heavy (non-hydrogen) atoms. The molecule has 0 aliphatic carbocycles. The Bertz CT molecular complexity index is 44.9. The van der Waals surface area contributed by atoms with Gasteiger partial charge in [0.1, 0.15) is 0 Å². The highest BCUT2D eigenvalue weighted by atomic mass is 33.2. The molecule has 1 aliphatic heterocycles. The zero-order valence-corrected chi connectivity index (χ0v) is 4.87. The van der Waals surface area contributed by atoms with Gasteiger partial charge in [0.05, 0.1) is 0 Å². The monoisotopic (exact) mass is 125 g/mol. The van der Waals surface area contributed by atoms with Crippen LogP contribution in [0.15, 0.2) is 0 Å². The summed E-state index contributed by atoms with van der Waals surface area (Å²) in [5.41, 5.74) is 5.26. The summed E-state index contributed by atoms with van der Waals surface area (Å²) in [5, 5.41) is 0. The van der Waals surface area contributed by atoms with E-state index in [4.69, 9.17) is 5.73 Å². The van der Waals surface area contributed by atoms with E-state index in [2.05, 4.69) is 12.6 Å². The number of thiol groups is 1. The standard InChI is InChI=1S/CH3NS3/c2-1(3)4-5-1/h3H,2H2. The average Bonchev–Trinajstić information content (AvgIpc) is 1.76. The van der Waals surface area contributed by atoms with E-state index in [0.717, 1.165) is 0 Å². The van der Waals surface area contributed by atoms with Gasteiger partial charge in [-0.15, -0.1) is 12.6 Å². The highest BCUT2D eigenvalue weighted by Crippen LogP contribution is 2.63. The first kappa shape index (κ1) is 4.18. The van der Waals surface area contributed by atoms with Crippen LogP contribution in [0.4, 0.5) is 0 Å². The van der Waals surface area contributed by atoms with Gasteiger partial charge in [-0.3, -0.25) is 5.73 Å². The summed E-state index contributed by atoms with van der Waals surface area (Å²) >= 11 is 3.94. The summed E-state index contributed by atoms with van der Waals surface area (Å²) in [6, 6.07) is 0. The number of nitrogens with two attached hydrogens (primary N) is 1. The van der Waals surface area contributed by atoms with Crippen molar-refractivity contribution in [1.82, 2.24) is 0 Å². The molecule has 0 amide bonds. The third-order valence-corrected chi connectivity index (χ3v) is 3.63. The molecule has 2 N–H and O–H groups in total. The van der Waals surface area contributed by atoms with Gasteiger partial charge in [0.2, 0.25) is 0 Å². The Morgan fingerprint density at radius 3 is 1.80 bits per heavy atom. The molecule has 1 rings (SSSR count). The van der Waals surface area contributed by atoms with Gasteiger partial charge in [-0.1, -0.05) is 0 Å². The minimum atomic E-state index is -0.222. The number of hydrogen-bond donors (Lipinski definition) is 2. The van der Waals surface area contributed by atoms with E-state index in [-0.39, 0.29) is 3.54 Å². The zero-order valence-electron chi connectivity index (χ0n) is 2.34. The van der Waals surface area contributed by atoms with Crippen LogP contribution in [0, 0.1) is 0 Å². The Labute approximate surface area is 43.9 Å². The molecule has 0 radical (unpaired) electrons. The number of rotatable bonds is 0. The van der Waals surface area contributed by atoms with Gasteiger partial charge in [-0.05, 0) is 21.6 Å². The van der Waals surface area contributed by atoms with Crippen LogP contribution in [0.3, 0.4) is 0 Å². The summed E-state index contributed by atoms with van der Waals surface area (Å²) in [6.45, 7) is 0. The molecular formula is CH3NS3. The van der Waals surface area contributed by atoms with E-state index in [1.165, 1.54) is 0 Å². The highest BCUT2D eigenvalue weighted by molar-refractivity contribution is 8.97. The van der Waals surface area contributed by atoms with E-state index >= 15 is 0 Å². The molecule has 0 unspecified atom stereocenters. The molecule has 1 fully saturated rings. The van der Waals surface area contributed by atoms with E-state index in [1.54, 1.807) is 21.6 Å². The van der Waals surface area contributed by atoms with Crippen LogP contribution in [-0.4, -0.2) is 3.54 Å². The van der Waals surface area contributed by atoms with Crippen molar-refractivity contribution in [3.8, 4) is 0 Å². The molecule has 1 heterocycles. The first-order valence-electron chi connectivity index (χ1n) is 1.09. The summed E-state index contributed by atoms with van der Waals surface area (Å²) in [4.78, 5) is 0. The SMILES string of the molecule is NC1(S)SS1. The van der Waals surface area contributed by atoms with Crippen molar-refractivity contribution in [1.29, 1.82) is 0 Å². The summed E-state index contributed by atoms with van der Waals surface area (Å²) in [6.07, 6.45) is 0. The highest BCUT2D eigenvalue weighted by Gasteiger charge is 2.37. The van der Waals surface area contributed by atoms with Gasteiger partial charge in [0.25, 0.3) is 0 Å². The van der Waals surface area contributed by atoms with E-state index < -0.39 is 0 Å². The smallest absolute Gasteiger partial charge is 0.174 e. The second kappa shape index (κ2) is 0.992. The molecule has 4 heteroatoms. The van der Waals surface area contributed by atoms with Gasteiger partial charge in [-0.25, -0.2) is 0 Å². The minimum Gasteiger partial charge on any atom is -0.299 e. The second-order valence-corrected chi connectivity index (χ2v) is 4.99. The molecule has 0 aromatic carbocycles. The predicted octanol–water partition coefficient (Wildman–Crippen LogP) is 0.881.